The molecule has 0 bridgehead atoms. The molecular weight excluding hydrogens is 188 g/mol. The van der Waals surface area contributed by atoms with E-state index in [2.05, 4.69) is 24.3 Å². The Hall–Kier alpha value is -1.31. The number of hydrogen-bond donors (Lipinski definition) is 1. The van der Waals surface area contributed by atoms with Gasteiger partial charge in [0.25, 0.3) is 0 Å². The monoisotopic (exact) mass is 204 g/mol. The predicted octanol–water partition coefficient (Wildman–Crippen LogP) is 3.05. The quantitative estimate of drug-likeness (QED) is 0.818. The minimum Gasteiger partial charge on any atom is -0.481 e. The Bertz CT molecular complexity index is 326. The molecule has 0 atom stereocenters. The minimum absolute atomic E-state index is 0.326. The van der Waals surface area contributed by atoms with Gasteiger partial charge in [-0.2, -0.15) is 0 Å². The van der Waals surface area contributed by atoms with Crippen LogP contribution in [-0.2, 0) is 4.79 Å². The lowest BCUT2D eigenvalue weighted by Crippen LogP contribution is -2.22. The number of carboxylic acid groups (broad SMARTS) is 1. The van der Waals surface area contributed by atoms with Crippen molar-refractivity contribution < 1.29 is 9.90 Å². The summed E-state index contributed by atoms with van der Waals surface area (Å²) < 4.78 is 0. The Morgan fingerprint density at radius 2 is 1.93 bits per heavy atom. The standard InChI is InChI=1S/C13H16O2/c14-13(15)7-6-10-8-12(9-10)11-4-2-1-3-5-11/h1-5,10,12H,6-9H2,(H,14,15). The van der Waals surface area contributed by atoms with Gasteiger partial charge < -0.3 is 5.11 Å². The van der Waals surface area contributed by atoms with E-state index in [1.54, 1.807) is 0 Å². The highest BCUT2D eigenvalue weighted by atomic mass is 16.4. The molecule has 2 nitrogen and oxygen atoms in total. The Morgan fingerprint density at radius 1 is 1.27 bits per heavy atom. The zero-order valence-electron chi connectivity index (χ0n) is 8.73. The van der Waals surface area contributed by atoms with E-state index < -0.39 is 5.97 Å². The molecule has 0 unspecified atom stereocenters. The van der Waals surface area contributed by atoms with E-state index in [9.17, 15) is 4.79 Å². The van der Waals surface area contributed by atoms with Crippen molar-refractivity contribution in [2.75, 3.05) is 0 Å². The van der Waals surface area contributed by atoms with Crippen LogP contribution in [-0.4, -0.2) is 11.1 Å². The second-order valence-corrected chi connectivity index (χ2v) is 4.38. The zero-order valence-corrected chi connectivity index (χ0v) is 8.73. The van der Waals surface area contributed by atoms with Gasteiger partial charge in [-0.05, 0) is 36.7 Å². The van der Waals surface area contributed by atoms with Gasteiger partial charge in [0.15, 0.2) is 0 Å². The highest BCUT2D eigenvalue weighted by molar-refractivity contribution is 5.66. The molecule has 0 radical (unpaired) electrons. The molecule has 2 heteroatoms. The van der Waals surface area contributed by atoms with Gasteiger partial charge in [0, 0.05) is 6.42 Å². The Morgan fingerprint density at radius 3 is 2.53 bits per heavy atom. The third kappa shape index (κ3) is 2.58. The number of hydrogen-bond acceptors (Lipinski definition) is 1. The van der Waals surface area contributed by atoms with Gasteiger partial charge in [-0.15, -0.1) is 0 Å². The van der Waals surface area contributed by atoms with Crippen LogP contribution in [0.5, 0.6) is 0 Å². The van der Waals surface area contributed by atoms with Crippen LogP contribution >= 0.6 is 0 Å². The highest BCUT2D eigenvalue weighted by Gasteiger charge is 2.29. The van der Waals surface area contributed by atoms with Gasteiger partial charge in [-0.3, -0.25) is 4.79 Å². The first-order valence-electron chi connectivity index (χ1n) is 5.52. The maximum absolute atomic E-state index is 10.4. The van der Waals surface area contributed by atoms with E-state index in [1.807, 2.05) is 6.07 Å². The summed E-state index contributed by atoms with van der Waals surface area (Å²) in [4.78, 5) is 10.4. The SMILES string of the molecule is O=C(O)CCC1CC(c2ccccc2)C1. The van der Waals surface area contributed by atoms with E-state index in [0.717, 1.165) is 19.3 Å². The van der Waals surface area contributed by atoms with Crippen LogP contribution in [0.25, 0.3) is 0 Å². The lowest BCUT2D eigenvalue weighted by molar-refractivity contribution is -0.137. The van der Waals surface area contributed by atoms with E-state index in [-0.39, 0.29) is 0 Å². The second kappa shape index (κ2) is 4.47. The summed E-state index contributed by atoms with van der Waals surface area (Å²) in [5, 5.41) is 8.56. The third-order valence-electron chi connectivity index (χ3n) is 3.27. The molecule has 1 N–H and O–H groups in total. The second-order valence-electron chi connectivity index (χ2n) is 4.38. The van der Waals surface area contributed by atoms with Crippen LogP contribution in [0.2, 0.25) is 0 Å². The first-order valence-corrected chi connectivity index (χ1v) is 5.52. The van der Waals surface area contributed by atoms with Crippen molar-refractivity contribution in [3.8, 4) is 0 Å². The van der Waals surface area contributed by atoms with Crippen LogP contribution in [0, 0.1) is 5.92 Å². The molecule has 1 aromatic rings. The van der Waals surface area contributed by atoms with Gasteiger partial charge in [0.2, 0.25) is 0 Å². The molecule has 1 fully saturated rings. The van der Waals surface area contributed by atoms with Crippen LogP contribution in [0.1, 0.15) is 37.2 Å². The third-order valence-corrected chi connectivity index (χ3v) is 3.27. The lowest BCUT2D eigenvalue weighted by atomic mass is 9.70. The summed E-state index contributed by atoms with van der Waals surface area (Å²) in [5.41, 5.74) is 1.41. The number of rotatable bonds is 4. The van der Waals surface area contributed by atoms with Crippen molar-refractivity contribution in [2.45, 2.75) is 31.6 Å². The fourth-order valence-electron chi connectivity index (χ4n) is 2.30. The van der Waals surface area contributed by atoms with Crippen molar-refractivity contribution in [1.82, 2.24) is 0 Å². The van der Waals surface area contributed by atoms with Crippen LogP contribution < -0.4 is 0 Å². The number of benzene rings is 1. The maximum Gasteiger partial charge on any atom is 0.303 e. The molecule has 1 aliphatic carbocycles. The number of aliphatic carboxylic acids is 1. The van der Waals surface area contributed by atoms with Crippen molar-refractivity contribution in [3.63, 3.8) is 0 Å². The Kier molecular flexibility index (Phi) is 3.05. The minimum atomic E-state index is -0.668. The fourth-order valence-corrected chi connectivity index (χ4v) is 2.30. The summed E-state index contributed by atoms with van der Waals surface area (Å²) >= 11 is 0. The molecular formula is C13H16O2. The summed E-state index contributed by atoms with van der Waals surface area (Å²) in [7, 11) is 0. The molecule has 0 spiro atoms. The first-order chi connectivity index (χ1) is 7.25. The van der Waals surface area contributed by atoms with Gasteiger partial charge in [0.1, 0.15) is 0 Å². The van der Waals surface area contributed by atoms with E-state index in [0.29, 0.717) is 18.3 Å². The number of carbonyl (C=O) groups is 1. The van der Waals surface area contributed by atoms with Crippen molar-refractivity contribution in [3.05, 3.63) is 35.9 Å². The molecule has 0 heterocycles. The number of carboxylic acids is 1. The molecule has 1 aliphatic rings. The van der Waals surface area contributed by atoms with Gasteiger partial charge in [-0.1, -0.05) is 30.3 Å². The molecule has 1 saturated carbocycles. The summed E-state index contributed by atoms with van der Waals surface area (Å²) in [6, 6.07) is 10.5. The van der Waals surface area contributed by atoms with Crippen LogP contribution in [0.3, 0.4) is 0 Å². The normalized spacial score (nSPS) is 24.5. The highest BCUT2D eigenvalue weighted by Crippen LogP contribution is 2.43. The molecule has 0 aliphatic heterocycles. The molecule has 0 saturated heterocycles. The Balaban J connectivity index is 1.76. The summed E-state index contributed by atoms with van der Waals surface area (Å²) in [6.07, 6.45) is 3.50. The molecule has 15 heavy (non-hydrogen) atoms. The molecule has 1 aromatic carbocycles. The first kappa shape index (κ1) is 10.2. The van der Waals surface area contributed by atoms with Crippen molar-refractivity contribution in [1.29, 1.82) is 0 Å². The summed E-state index contributed by atoms with van der Waals surface area (Å²) in [5.74, 6) is 0.634. The van der Waals surface area contributed by atoms with Crippen LogP contribution in [0.15, 0.2) is 30.3 Å². The van der Waals surface area contributed by atoms with Crippen LogP contribution in [0.4, 0.5) is 0 Å². The van der Waals surface area contributed by atoms with Crippen molar-refractivity contribution in [2.24, 2.45) is 5.92 Å². The van der Waals surface area contributed by atoms with Gasteiger partial charge in [-0.25, -0.2) is 0 Å². The van der Waals surface area contributed by atoms with E-state index in [4.69, 9.17) is 5.11 Å². The average Bonchev–Trinajstić information content (AvgIpc) is 2.16. The maximum atomic E-state index is 10.4. The molecule has 2 rings (SSSR count). The Labute approximate surface area is 89.9 Å². The van der Waals surface area contributed by atoms with Gasteiger partial charge >= 0.3 is 5.97 Å². The van der Waals surface area contributed by atoms with Crippen molar-refractivity contribution >= 4 is 5.97 Å². The average molecular weight is 204 g/mol. The molecule has 0 amide bonds. The smallest absolute Gasteiger partial charge is 0.303 e. The van der Waals surface area contributed by atoms with E-state index >= 15 is 0 Å². The van der Waals surface area contributed by atoms with E-state index in [1.165, 1.54) is 5.56 Å². The molecule has 80 valence electrons. The topological polar surface area (TPSA) is 37.3 Å². The largest absolute Gasteiger partial charge is 0.481 e. The molecule has 0 aromatic heterocycles. The van der Waals surface area contributed by atoms with Gasteiger partial charge in [0.05, 0.1) is 0 Å². The zero-order chi connectivity index (χ0) is 10.7. The predicted molar refractivity (Wildman–Crippen MR) is 58.8 cm³/mol. The lowest BCUT2D eigenvalue weighted by Gasteiger charge is -2.35. The fraction of sp³-hybridized carbons (Fsp3) is 0.462. The summed E-state index contributed by atoms with van der Waals surface area (Å²) in [6.45, 7) is 0.